The van der Waals surface area contributed by atoms with Gasteiger partial charge in [-0.1, -0.05) is 11.6 Å². The molecule has 1 aliphatic heterocycles. The minimum absolute atomic E-state index is 0.0148. The Morgan fingerprint density at radius 3 is 3.00 bits per heavy atom. The normalized spacial score (nSPS) is 15.6. The van der Waals surface area contributed by atoms with Crippen molar-refractivity contribution in [2.24, 2.45) is 0 Å². The zero-order chi connectivity index (χ0) is 19.2. The number of hydrogen-bond donors (Lipinski definition) is 3. The summed E-state index contributed by atoms with van der Waals surface area (Å²) in [5.41, 5.74) is 1.25. The number of nitrogens with zero attached hydrogens (tertiary/aromatic N) is 1. The Hall–Kier alpha value is -2.68. The molecule has 27 heavy (non-hydrogen) atoms. The topological polar surface area (TPSA) is 96.1 Å². The number of aryl methyl sites for hydroxylation is 1. The molecule has 10 heteroatoms. The van der Waals surface area contributed by atoms with E-state index in [1.54, 1.807) is 0 Å². The fourth-order valence-electron chi connectivity index (χ4n) is 3.27. The van der Waals surface area contributed by atoms with Crippen LogP contribution in [0.1, 0.15) is 33.7 Å². The largest absolute Gasteiger partial charge is 0.482 e. The lowest BCUT2D eigenvalue weighted by atomic mass is 10.1. The summed E-state index contributed by atoms with van der Waals surface area (Å²) in [5.74, 6) is -4.17. The number of rotatable bonds is 4. The highest BCUT2D eigenvalue weighted by molar-refractivity contribution is 6.34. The van der Waals surface area contributed by atoms with Crippen LogP contribution in [-0.4, -0.2) is 35.2 Å². The molecule has 2 heterocycles. The number of aromatic amines is 1. The summed E-state index contributed by atoms with van der Waals surface area (Å²) in [6.45, 7) is -1.10. The lowest BCUT2D eigenvalue weighted by Gasteiger charge is -2.20. The van der Waals surface area contributed by atoms with E-state index < -0.39 is 18.4 Å². The average Bonchev–Trinajstić information content (AvgIpc) is 3.22. The second-order valence-corrected chi connectivity index (χ2v) is 6.84. The number of carbonyl (C=O) groups excluding carboxylic acids is 2. The molecule has 0 unspecified atom stereocenters. The van der Waals surface area contributed by atoms with Crippen LogP contribution in [0, 0.1) is 0 Å². The molecule has 2 amide bonds. The number of nitrogens with one attached hydrogen (secondary N) is 3. The molecule has 0 spiro atoms. The van der Waals surface area contributed by atoms with Gasteiger partial charge in [0.2, 0.25) is 0 Å². The first-order valence-corrected chi connectivity index (χ1v) is 8.72. The summed E-state index contributed by atoms with van der Waals surface area (Å²) in [5, 5.41) is 11.1. The van der Waals surface area contributed by atoms with E-state index in [4.69, 9.17) is 16.3 Å². The Bertz CT molecular complexity index is 945. The van der Waals surface area contributed by atoms with Gasteiger partial charge >= 0.3 is 5.92 Å². The highest BCUT2D eigenvalue weighted by atomic mass is 35.5. The van der Waals surface area contributed by atoms with Crippen LogP contribution in [0.5, 0.6) is 5.75 Å². The van der Waals surface area contributed by atoms with E-state index >= 15 is 0 Å². The number of halogens is 3. The van der Waals surface area contributed by atoms with Crippen LogP contribution in [0.3, 0.4) is 0 Å². The van der Waals surface area contributed by atoms with Crippen molar-refractivity contribution in [3.8, 4) is 5.75 Å². The molecule has 0 fully saturated rings. The number of amides is 2. The zero-order valence-electron chi connectivity index (χ0n) is 14.0. The molecule has 0 saturated carbocycles. The number of hydrogen-bond acceptors (Lipinski definition) is 4. The standard InChI is InChI=1S/C17H15ClF2N4O3/c18-10-5-12-13(27-6-14(25)22-12)4-9(10)16(26)21-7-17(19,20)15-8-2-1-3-11(8)23-24-15/h4-5H,1-3,6-7H2,(H,21,26)(H,22,25)(H,23,24). The van der Waals surface area contributed by atoms with Crippen LogP contribution in [0.25, 0.3) is 0 Å². The highest BCUT2D eigenvalue weighted by Crippen LogP contribution is 2.35. The van der Waals surface area contributed by atoms with Gasteiger partial charge in [-0.15, -0.1) is 0 Å². The van der Waals surface area contributed by atoms with E-state index in [9.17, 15) is 18.4 Å². The predicted molar refractivity (Wildman–Crippen MR) is 92.4 cm³/mol. The molecule has 3 N–H and O–H groups in total. The van der Waals surface area contributed by atoms with Gasteiger partial charge in [0.05, 0.1) is 22.8 Å². The van der Waals surface area contributed by atoms with Gasteiger partial charge in [0, 0.05) is 11.3 Å². The molecule has 7 nitrogen and oxygen atoms in total. The van der Waals surface area contributed by atoms with E-state index in [0.717, 1.165) is 12.1 Å². The van der Waals surface area contributed by atoms with Crippen LogP contribution in [0.15, 0.2) is 12.1 Å². The third-order valence-electron chi connectivity index (χ3n) is 4.57. The molecule has 1 aliphatic carbocycles. The van der Waals surface area contributed by atoms with Crippen molar-refractivity contribution in [1.82, 2.24) is 15.5 Å². The fraction of sp³-hybridized carbons (Fsp3) is 0.353. The molecule has 1 aromatic carbocycles. The van der Waals surface area contributed by atoms with Crippen LogP contribution in [-0.2, 0) is 23.6 Å². The molecule has 142 valence electrons. The maximum absolute atomic E-state index is 14.5. The Morgan fingerprint density at radius 1 is 1.37 bits per heavy atom. The molecule has 1 aromatic heterocycles. The van der Waals surface area contributed by atoms with Crippen molar-refractivity contribution in [3.05, 3.63) is 39.7 Å². The van der Waals surface area contributed by atoms with Crippen molar-refractivity contribution < 1.29 is 23.1 Å². The Kier molecular flexibility index (Phi) is 4.26. The third kappa shape index (κ3) is 3.23. The molecule has 0 radical (unpaired) electrons. The Labute approximate surface area is 157 Å². The summed E-state index contributed by atoms with van der Waals surface area (Å²) < 4.78 is 34.3. The molecule has 0 bridgehead atoms. The zero-order valence-corrected chi connectivity index (χ0v) is 14.8. The van der Waals surface area contributed by atoms with Crippen molar-refractivity contribution in [3.63, 3.8) is 0 Å². The first-order chi connectivity index (χ1) is 12.8. The van der Waals surface area contributed by atoms with Gasteiger partial charge in [-0.05, 0) is 31.4 Å². The number of alkyl halides is 2. The maximum Gasteiger partial charge on any atom is 0.308 e. The van der Waals surface area contributed by atoms with Gasteiger partial charge < -0.3 is 15.4 Å². The second-order valence-electron chi connectivity index (χ2n) is 6.44. The van der Waals surface area contributed by atoms with E-state index in [1.165, 1.54) is 12.1 Å². The summed E-state index contributed by atoms with van der Waals surface area (Å²) in [4.78, 5) is 23.7. The monoisotopic (exact) mass is 396 g/mol. The van der Waals surface area contributed by atoms with Gasteiger partial charge in [0.15, 0.2) is 6.61 Å². The number of aromatic nitrogens is 2. The minimum Gasteiger partial charge on any atom is -0.482 e. The molecule has 0 saturated heterocycles. The first kappa shape index (κ1) is 17.7. The van der Waals surface area contributed by atoms with E-state index in [0.29, 0.717) is 24.1 Å². The van der Waals surface area contributed by atoms with Crippen molar-refractivity contribution in [1.29, 1.82) is 0 Å². The third-order valence-corrected chi connectivity index (χ3v) is 4.88. The summed E-state index contributed by atoms with van der Waals surface area (Å²) >= 11 is 6.06. The molecule has 2 aliphatic rings. The fourth-order valence-corrected chi connectivity index (χ4v) is 3.52. The van der Waals surface area contributed by atoms with E-state index in [2.05, 4.69) is 20.8 Å². The Morgan fingerprint density at radius 2 is 2.19 bits per heavy atom. The second kappa shape index (κ2) is 6.49. The van der Waals surface area contributed by atoms with Crippen molar-refractivity contribution >= 4 is 29.1 Å². The van der Waals surface area contributed by atoms with Gasteiger partial charge in [-0.3, -0.25) is 14.7 Å². The van der Waals surface area contributed by atoms with Gasteiger partial charge in [-0.2, -0.15) is 13.9 Å². The van der Waals surface area contributed by atoms with Crippen molar-refractivity contribution in [2.45, 2.75) is 25.2 Å². The van der Waals surface area contributed by atoms with E-state index in [-0.39, 0.29) is 34.5 Å². The number of anilines is 1. The summed E-state index contributed by atoms with van der Waals surface area (Å²) in [6, 6.07) is 2.67. The first-order valence-electron chi connectivity index (χ1n) is 8.34. The maximum atomic E-state index is 14.5. The predicted octanol–water partition coefficient (Wildman–Crippen LogP) is 2.40. The molecule has 0 atom stereocenters. The lowest BCUT2D eigenvalue weighted by Crippen LogP contribution is -2.36. The molecular weight excluding hydrogens is 382 g/mol. The lowest BCUT2D eigenvalue weighted by molar-refractivity contribution is -0.118. The van der Waals surface area contributed by atoms with Crippen LogP contribution < -0.4 is 15.4 Å². The van der Waals surface area contributed by atoms with Gasteiger partial charge in [-0.25, -0.2) is 0 Å². The quantitative estimate of drug-likeness (QED) is 0.739. The smallest absolute Gasteiger partial charge is 0.308 e. The molecule has 4 rings (SSSR count). The van der Waals surface area contributed by atoms with Crippen LogP contribution in [0.4, 0.5) is 14.5 Å². The molecular formula is C17H15ClF2N4O3. The van der Waals surface area contributed by atoms with Crippen LogP contribution in [0.2, 0.25) is 5.02 Å². The molecule has 2 aromatic rings. The summed E-state index contributed by atoms with van der Waals surface area (Å²) in [6.07, 6.45) is 2.05. The van der Waals surface area contributed by atoms with Crippen molar-refractivity contribution in [2.75, 3.05) is 18.5 Å². The van der Waals surface area contributed by atoms with Crippen LogP contribution >= 0.6 is 11.6 Å². The van der Waals surface area contributed by atoms with Gasteiger partial charge in [0.25, 0.3) is 11.8 Å². The minimum atomic E-state index is -3.31. The number of ether oxygens (including phenoxy) is 1. The number of benzene rings is 1. The number of fused-ring (bicyclic) bond motifs is 2. The average molecular weight is 397 g/mol. The summed E-state index contributed by atoms with van der Waals surface area (Å²) in [7, 11) is 0. The number of carbonyl (C=O) groups is 2. The number of H-pyrrole nitrogens is 1. The van der Waals surface area contributed by atoms with Gasteiger partial charge in [0.1, 0.15) is 11.4 Å². The Balaban J connectivity index is 1.50. The SMILES string of the molecule is O=C1COc2cc(C(=O)NCC(F)(F)c3n[nH]c4c3CCC4)c(Cl)cc2N1. The van der Waals surface area contributed by atoms with E-state index in [1.807, 2.05) is 0 Å². The highest BCUT2D eigenvalue weighted by Gasteiger charge is 2.39.